The second-order valence-corrected chi connectivity index (χ2v) is 7.02. The fourth-order valence-corrected chi connectivity index (χ4v) is 3.52. The van der Waals surface area contributed by atoms with E-state index in [-0.39, 0.29) is 18.5 Å². The van der Waals surface area contributed by atoms with Crippen LogP contribution in [-0.2, 0) is 17.8 Å². The summed E-state index contributed by atoms with van der Waals surface area (Å²) in [6.45, 7) is 1.26. The highest BCUT2D eigenvalue weighted by atomic mass is 16.4. The van der Waals surface area contributed by atoms with Gasteiger partial charge in [0, 0.05) is 31.9 Å². The number of nitrogens with one attached hydrogen (secondary N) is 1. The average Bonchev–Trinajstić information content (AvgIpc) is 2.66. The SMILES string of the molecule is CN(CC1Cc2ccccc2CN1C)C(=O)c1ccccc1NCC(=O)O. The van der Waals surface area contributed by atoms with Gasteiger partial charge in [0.25, 0.3) is 5.91 Å². The Labute approximate surface area is 159 Å². The first-order valence-corrected chi connectivity index (χ1v) is 9.03. The Morgan fingerprint density at radius 3 is 2.56 bits per heavy atom. The number of amides is 1. The normalized spacial score (nSPS) is 16.4. The molecule has 1 unspecified atom stereocenters. The van der Waals surface area contributed by atoms with E-state index in [4.69, 9.17) is 5.11 Å². The van der Waals surface area contributed by atoms with Crippen LogP contribution in [0.5, 0.6) is 0 Å². The van der Waals surface area contributed by atoms with Gasteiger partial charge in [-0.3, -0.25) is 14.5 Å². The summed E-state index contributed by atoms with van der Waals surface area (Å²) >= 11 is 0. The van der Waals surface area contributed by atoms with Gasteiger partial charge in [0.15, 0.2) is 0 Å². The molecule has 0 bridgehead atoms. The summed E-state index contributed by atoms with van der Waals surface area (Å²) in [6.07, 6.45) is 0.906. The molecule has 0 aliphatic carbocycles. The summed E-state index contributed by atoms with van der Waals surface area (Å²) in [7, 11) is 3.88. The van der Waals surface area contributed by atoms with Crippen molar-refractivity contribution < 1.29 is 14.7 Å². The van der Waals surface area contributed by atoms with Crippen LogP contribution in [0.4, 0.5) is 5.69 Å². The molecule has 2 aromatic carbocycles. The molecule has 0 radical (unpaired) electrons. The van der Waals surface area contributed by atoms with Crippen molar-refractivity contribution in [3.8, 4) is 0 Å². The van der Waals surface area contributed by atoms with Gasteiger partial charge in [-0.15, -0.1) is 0 Å². The van der Waals surface area contributed by atoms with Gasteiger partial charge in [0.1, 0.15) is 6.54 Å². The van der Waals surface area contributed by atoms with Crippen LogP contribution in [-0.4, -0.2) is 60.0 Å². The maximum Gasteiger partial charge on any atom is 0.322 e. The lowest BCUT2D eigenvalue weighted by Crippen LogP contribution is -2.46. The van der Waals surface area contributed by atoms with Crippen LogP contribution in [0.3, 0.4) is 0 Å². The minimum absolute atomic E-state index is 0.115. The standard InChI is InChI=1S/C21H25N3O3/c1-23-13-16-8-4-3-7-15(16)11-17(23)14-24(2)21(27)18-9-5-6-10-19(18)22-12-20(25)26/h3-10,17,22H,11-14H2,1-2H3,(H,25,26). The molecule has 142 valence electrons. The number of carboxylic acid groups (broad SMARTS) is 1. The van der Waals surface area contributed by atoms with Crippen LogP contribution >= 0.6 is 0 Å². The Hall–Kier alpha value is -2.86. The van der Waals surface area contributed by atoms with Gasteiger partial charge in [0.2, 0.25) is 0 Å². The highest BCUT2D eigenvalue weighted by Gasteiger charge is 2.26. The number of likely N-dealkylation sites (N-methyl/N-ethyl adjacent to an activating group) is 2. The first kappa shape index (κ1) is 18.9. The summed E-state index contributed by atoms with van der Waals surface area (Å²) in [6, 6.07) is 15.7. The molecule has 2 aromatic rings. The number of carbonyl (C=O) groups is 2. The lowest BCUT2D eigenvalue weighted by Gasteiger charge is -2.36. The number of fused-ring (bicyclic) bond motifs is 1. The van der Waals surface area contributed by atoms with Gasteiger partial charge < -0.3 is 15.3 Å². The molecule has 1 atom stereocenters. The number of carbonyl (C=O) groups excluding carboxylic acids is 1. The largest absolute Gasteiger partial charge is 0.480 e. The zero-order chi connectivity index (χ0) is 19.4. The molecule has 0 fully saturated rings. The van der Waals surface area contributed by atoms with E-state index in [9.17, 15) is 9.59 Å². The molecule has 1 amide bonds. The van der Waals surface area contributed by atoms with E-state index in [1.54, 1.807) is 36.2 Å². The second-order valence-electron chi connectivity index (χ2n) is 7.02. The Bertz CT molecular complexity index is 837. The van der Waals surface area contributed by atoms with Crippen molar-refractivity contribution in [3.63, 3.8) is 0 Å². The Morgan fingerprint density at radius 2 is 1.81 bits per heavy atom. The van der Waals surface area contributed by atoms with E-state index in [0.717, 1.165) is 13.0 Å². The number of rotatable bonds is 6. The third-order valence-corrected chi connectivity index (χ3v) is 5.04. The van der Waals surface area contributed by atoms with Crippen molar-refractivity contribution in [2.75, 3.05) is 32.5 Å². The monoisotopic (exact) mass is 367 g/mol. The van der Waals surface area contributed by atoms with Crippen molar-refractivity contribution in [3.05, 3.63) is 65.2 Å². The van der Waals surface area contributed by atoms with E-state index in [0.29, 0.717) is 17.8 Å². The molecule has 1 aliphatic rings. The van der Waals surface area contributed by atoms with Crippen LogP contribution in [0.1, 0.15) is 21.5 Å². The van der Waals surface area contributed by atoms with Crippen molar-refractivity contribution in [2.24, 2.45) is 0 Å². The maximum atomic E-state index is 13.0. The van der Waals surface area contributed by atoms with E-state index in [1.807, 2.05) is 0 Å². The van der Waals surface area contributed by atoms with Crippen LogP contribution in [0.2, 0.25) is 0 Å². The molecule has 3 rings (SSSR count). The zero-order valence-corrected chi connectivity index (χ0v) is 15.7. The molecule has 0 aromatic heterocycles. The number of carboxylic acids is 1. The molecule has 0 saturated heterocycles. The zero-order valence-electron chi connectivity index (χ0n) is 15.7. The third-order valence-electron chi connectivity index (χ3n) is 5.04. The van der Waals surface area contributed by atoms with Gasteiger partial charge in [0.05, 0.1) is 5.56 Å². The molecule has 27 heavy (non-hydrogen) atoms. The maximum absolute atomic E-state index is 13.0. The van der Waals surface area contributed by atoms with Crippen LogP contribution in [0, 0.1) is 0 Å². The highest BCUT2D eigenvalue weighted by molar-refractivity contribution is 5.99. The summed E-state index contributed by atoms with van der Waals surface area (Å²) in [4.78, 5) is 27.8. The Morgan fingerprint density at radius 1 is 1.15 bits per heavy atom. The molecular formula is C21H25N3O3. The summed E-state index contributed by atoms with van der Waals surface area (Å²) in [5.74, 6) is -1.08. The van der Waals surface area contributed by atoms with Gasteiger partial charge in [-0.1, -0.05) is 36.4 Å². The number of para-hydroxylation sites is 1. The van der Waals surface area contributed by atoms with E-state index in [1.165, 1.54) is 11.1 Å². The minimum Gasteiger partial charge on any atom is -0.480 e. The van der Waals surface area contributed by atoms with Crippen LogP contribution in [0.25, 0.3) is 0 Å². The quantitative estimate of drug-likeness (QED) is 0.820. The lowest BCUT2D eigenvalue weighted by molar-refractivity contribution is -0.134. The first-order chi connectivity index (χ1) is 13.0. The van der Waals surface area contributed by atoms with Gasteiger partial charge in [-0.25, -0.2) is 0 Å². The van der Waals surface area contributed by atoms with Gasteiger partial charge in [-0.05, 0) is 36.7 Å². The van der Waals surface area contributed by atoms with E-state index >= 15 is 0 Å². The third kappa shape index (κ3) is 4.46. The molecule has 0 saturated carbocycles. The van der Waals surface area contributed by atoms with E-state index < -0.39 is 5.97 Å². The van der Waals surface area contributed by atoms with Gasteiger partial charge >= 0.3 is 5.97 Å². The lowest BCUT2D eigenvalue weighted by atomic mass is 9.94. The molecule has 6 heteroatoms. The fraction of sp³-hybridized carbons (Fsp3) is 0.333. The fourth-order valence-electron chi connectivity index (χ4n) is 3.52. The number of hydrogen-bond acceptors (Lipinski definition) is 4. The molecular weight excluding hydrogens is 342 g/mol. The smallest absolute Gasteiger partial charge is 0.322 e. The average molecular weight is 367 g/mol. The predicted molar refractivity (Wildman–Crippen MR) is 105 cm³/mol. The number of nitrogens with zero attached hydrogens (tertiary/aromatic N) is 2. The van der Waals surface area contributed by atoms with E-state index in [2.05, 4.69) is 41.5 Å². The molecule has 6 nitrogen and oxygen atoms in total. The van der Waals surface area contributed by atoms with Crippen molar-refractivity contribution >= 4 is 17.6 Å². The Balaban J connectivity index is 1.70. The summed E-state index contributed by atoms with van der Waals surface area (Å²) in [5, 5.41) is 11.7. The summed E-state index contributed by atoms with van der Waals surface area (Å²) in [5.41, 5.74) is 3.71. The predicted octanol–water partition coefficient (Wildman–Crippen LogP) is 2.31. The molecule has 1 aliphatic heterocycles. The molecule has 0 spiro atoms. The van der Waals surface area contributed by atoms with Gasteiger partial charge in [-0.2, -0.15) is 0 Å². The first-order valence-electron chi connectivity index (χ1n) is 9.03. The minimum atomic E-state index is -0.965. The van der Waals surface area contributed by atoms with Crippen molar-refractivity contribution in [1.82, 2.24) is 9.80 Å². The number of benzene rings is 2. The molecule has 1 heterocycles. The molecule has 2 N–H and O–H groups in total. The van der Waals surface area contributed by atoms with Crippen LogP contribution in [0.15, 0.2) is 48.5 Å². The topological polar surface area (TPSA) is 72.9 Å². The second kappa shape index (κ2) is 8.22. The highest BCUT2D eigenvalue weighted by Crippen LogP contribution is 2.23. The van der Waals surface area contributed by atoms with Crippen LogP contribution < -0.4 is 5.32 Å². The van der Waals surface area contributed by atoms with Crippen molar-refractivity contribution in [2.45, 2.75) is 19.0 Å². The summed E-state index contributed by atoms with van der Waals surface area (Å²) < 4.78 is 0. The Kier molecular flexibility index (Phi) is 5.76. The van der Waals surface area contributed by atoms with Crippen molar-refractivity contribution in [1.29, 1.82) is 0 Å². The number of aliphatic carboxylic acids is 1. The number of anilines is 1. The number of hydrogen-bond donors (Lipinski definition) is 2.